The fourth-order valence-electron chi connectivity index (χ4n) is 0.936. The van der Waals surface area contributed by atoms with Gasteiger partial charge < -0.3 is 4.98 Å². The minimum atomic E-state index is 0.388. The Hall–Kier alpha value is -1.32. The van der Waals surface area contributed by atoms with Gasteiger partial charge in [0.1, 0.15) is 0 Å². The molecule has 0 amide bonds. The summed E-state index contributed by atoms with van der Waals surface area (Å²) >= 11 is 2.96. The van der Waals surface area contributed by atoms with Crippen LogP contribution in [0.15, 0.2) is 22.7 Å². The largest absolute Gasteiger partial charge is 0.315 e. The molecule has 1 N–H and O–H groups in total. The van der Waals surface area contributed by atoms with E-state index in [4.69, 9.17) is 5.26 Å². The van der Waals surface area contributed by atoms with Crippen LogP contribution in [0.4, 0.5) is 0 Å². The van der Waals surface area contributed by atoms with E-state index in [0.717, 1.165) is 10.7 Å². The van der Waals surface area contributed by atoms with Gasteiger partial charge >= 0.3 is 0 Å². The number of thiophene rings is 1. The van der Waals surface area contributed by atoms with Crippen molar-refractivity contribution >= 4 is 23.1 Å². The highest BCUT2D eigenvalue weighted by Gasteiger charge is 2.05. The normalized spacial score (nSPS) is 9.93. The Balaban J connectivity index is 2.15. The second kappa shape index (κ2) is 4.26. The molecule has 0 saturated carbocycles. The number of nitrogens with one attached hydrogen (secondary N) is 1. The number of H-pyrrole nitrogens is 1. The Bertz CT molecular complexity index is 440. The van der Waals surface area contributed by atoms with Crippen LogP contribution in [0.25, 0.3) is 10.7 Å². The molecule has 0 aromatic carbocycles. The van der Waals surface area contributed by atoms with E-state index in [-0.39, 0.29) is 0 Å². The van der Waals surface area contributed by atoms with E-state index < -0.39 is 0 Å². The van der Waals surface area contributed by atoms with Gasteiger partial charge in [-0.1, -0.05) is 17.8 Å². The fraction of sp³-hybridized carbons (Fsp3) is 0.125. The third-order valence-corrected chi connectivity index (χ3v) is 3.10. The van der Waals surface area contributed by atoms with Crippen molar-refractivity contribution in [2.75, 3.05) is 5.75 Å². The van der Waals surface area contributed by atoms with Gasteiger partial charge in [0.25, 0.3) is 0 Å². The molecule has 2 rings (SSSR count). The number of nitrogens with zero attached hydrogens (tertiary/aromatic N) is 3. The Morgan fingerprint density at radius 2 is 2.50 bits per heavy atom. The lowest BCUT2D eigenvalue weighted by Crippen LogP contribution is -1.76. The zero-order chi connectivity index (χ0) is 9.80. The Kier molecular flexibility index (Phi) is 2.81. The molecule has 0 aliphatic rings. The van der Waals surface area contributed by atoms with E-state index in [2.05, 4.69) is 15.2 Å². The standard InChI is InChI=1S/C8H6N4S2/c9-3-5-14-8-10-7(11-12-8)6-2-1-4-13-6/h1-2,4H,5H2,(H,10,11,12). The smallest absolute Gasteiger partial charge is 0.189 e. The van der Waals surface area contributed by atoms with Gasteiger partial charge in [-0.25, -0.2) is 0 Å². The highest BCUT2D eigenvalue weighted by atomic mass is 32.2. The Labute approximate surface area is 89.0 Å². The first-order chi connectivity index (χ1) is 6.90. The van der Waals surface area contributed by atoms with Gasteiger partial charge in [-0.15, -0.1) is 21.5 Å². The molecule has 0 spiro atoms. The van der Waals surface area contributed by atoms with Crippen LogP contribution in [0.3, 0.4) is 0 Å². The highest BCUT2D eigenvalue weighted by molar-refractivity contribution is 7.99. The van der Waals surface area contributed by atoms with Crippen molar-refractivity contribution in [3.63, 3.8) is 0 Å². The number of rotatable bonds is 3. The van der Waals surface area contributed by atoms with Gasteiger partial charge in [0, 0.05) is 0 Å². The predicted molar refractivity (Wildman–Crippen MR) is 56.0 cm³/mol. The van der Waals surface area contributed by atoms with Crippen molar-refractivity contribution in [2.45, 2.75) is 5.16 Å². The molecule has 2 aromatic heterocycles. The van der Waals surface area contributed by atoms with E-state index in [1.54, 1.807) is 11.3 Å². The molecule has 0 radical (unpaired) electrons. The molecular weight excluding hydrogens is 216 g/mol. The maximum Gasteiger partial charge on any atom is 0.189 e. The summed E-state index contributed by atoms with van der Waals surface area (Å²) in [7, 11) is 0. The molecule has 2 heterocycles. The zero-order valence-electron chi connectivity index (χ0n) is 7.10. The van der Waals surface area contributed by atoms with Crippen molar-refractivity contribution < 1.29 is 0 Å². The number of hydrogen-bond donors (Lipinski definition) is 1. The van der Waals surface area contributed by atoms with Crippen LogP contribution in [0.5, 0.6) is 0 Å². The van der Waals surface area contributed by atoms with Gasteiger partial charge in [0.15, 0.2) is 11.0 Å². The topological polar surface area (TPSA) is 65.4 Å². The van der Waals surface area contributed by atoms with Gasteiger partial charge in [-0.05, 0) is 11.4 Å². The second-order valence-corrected chi connectivity index (χ2v) is 4.31. The predicted octanol–water partition coefficient (Wildman–Crippen LogP) is 2.15. The van der Waals surface area contributed by atoms with Crippen LogP contribution in [-0.4, -0.2) is 20.9 Å². The monoisotopic (exact) mass is 222 g/mol. The molecule has 2 aromatic rings. The second-order valence-electron chi connectivity index (χ2n) is 2.40. The number of nitriles is 1. The van der Waals surface area contributed by atoms with E-state index >= 15 is 0 Å². The van der Waals surface area contributed by atoms with Crippen molar-refractivity contribution in [1.29, 1.82) is 5.26 Å². The number of hydrogen-bond acceptors (Lipinski definition) is 5. The summed E-state index contributed by atoms with van der Waals surface area (Å²) in [6, 6.07) is 5.98. The lowest BCUT2D eigenvalue weighted by atomic mass is 10.4. The Morgan fingerprint density at radius 1 is 1.57 bits per heavy atom. The summed E-state index contributed by atoms with van der Waals surface area (Å²) in [4.78, 5) is 4.11. The first kappa shape index (κ1) is 9.24. The molecule has 6 heteroatoms. The molecule has 70 valence electrons. The van der Waals surface area contributed by atoms with Crippen molar-refractivity contribution in [1.82, 2.24) is 15.2 Å². The van der Waals surface area contributed by atoms with Crippen molar-refractivity contribution in [3.05, 3.63) is 17.5 Å². The molecule has 0 aliphatic heterocycles. The molecule has 14 heavy (non-hydrogen) atoms. The third-order valence-electron chi connectivity index (χ3n) is 1.49. The van der Waals surface area contributed by atoms with E-state index in [1.807, 2.05) is 23.6 Å². The summed E-state index contributed by atoms with van der Waals surface area (Å²) in [6.45, 7) is 0. The molecular formula is C8H6N4S2. The van der Waals surface area contributed by atoms with Gasteiger partial charge in [-0.2, -0.15) is 5.26 Å². The quantitative estimate of drug-likeness (QED) is 0.808. The number of aromatic amines is 1. The summed E-state index contributed by atoms with van der Waals surface area (Å²) in [5, 5.41) is 19.0. The van der Waals surface area contributed by atoms with E-state index in [0.29, 0.717) is 10.9 Å². The van der Waals surface area contributed by atoms with Crippen molar-refractivity contribution in [2.24, 2.45) is 0 Å². The first-order valence-electron chi connectivity index (χ1n) is 3.86. The maximum absolute atomic E-state index is 8.39. The summed E-state index contributed by atoms with van der Waals surface area (Å²) in [6.07, 6.45) is 0. The third kappa shape index (κ3) is 1.95. The SMILES string of the molecule is N#CCSc1nnc(-c2cccs2)[nH]1. The van der Waals surface area contributed by atoms with Crippen LogP contribution < -0.4 is 0 Å². The summed E-state index contributed by atoms with van der Waals surface area (Å²) in [5.41, 5.74) is 0. The van der Waals surface area contributed by atoms with E-state index in [9.17, 15) is 0 Å². The average Bonchev–Trinajstić information content (AvgIpc) is 2.85. The molecule has 0 bridgehead atoms. The molecule has 0 unspecified atom stereocenters. The van der Waals surface area contributed by atoms with E-state index in [1.165, 1.54) is 11.8 Å². The van der Waals surface area contributed by atoms with Gasteiger partial charge in [-0.3, -0.25) is 0 Å². The van der Waals surface area contributed by atoms with Crippen LogP contribution in [-0.2, 0) is 0 Å². The summed E-state index contributed by atoms with van der Waals surface area (Å²) < 4.78 is 0. The maximum atomic E-state index is 8.39. The lowest BCUT2D eigenvalue weighted by molar-refractivity contribution is 0.975. The fourth-order valence-corrected chi connectivity index (χ4v) is 2.07. The molecule has 0 aliphatic carbocycles. The lowest BCUT2D eigenvalue weighted by Gasteiger charge is -1.87. The van der Waals surface area contributed by atoms with Gasteiger partial charge in [0.05, 0.1) is 16.7 Å². The van der Waals surface area contributed by atoms with Gasteiger partial charge in [0.2, 0.25) is 0 Å². The molecule has 0 saturated heterocycles. The highest BCUT2D eigenvalue weighted by Crippen LogP contribution is 2.22. The summed E-state index contributed by atoms with van der Waals surface area (Å²) in [5.74, 6) is 1.15. The number of aromatic nitrogens is 3. The molecule has 4 nitrogen and oxygen atoms in total. The average molecular weight is 222 g/mol. The van der Waals surface area contributed by atoms with Crippen LogP contribution in [0, 0.1) is 11.3 Å². The first-order valence-corrected chi connectivity index (χ1v) is 5.73. The molecule has 0 fully saturated rings. The number of thioether (sulfide) groups is 1. The van der Waals surface area contributed by atoms with Crippen LogP contribution >= 0.6 is 23.1 Å². The minimum absolute atomic E-state index is 0.388. The van der Waals surface area contributed by atoms with Crippen molar-refractivity contribution in [3.8, 4) is 16.8 Å². The molecule has 0 atom stereocenters. The zero-order valence-corrected chi connectivity index (χ0v) is 8.73. The Morgan fingerprint density at radius 3 is 3.21 bits per heavy atom. The van der Waals surface area contributed by atoms with Crippen LogP contribution in [0.2, 0.25) is 0 Å². The van der Waals surface area contributed by atoms with Crippen LogP contribution in [0.1, 0.15) is 0 Å². The minimum Gasteiger partial charge on any atom is -0.315 e.